The summed E-state index contributed by atoms with van der Waals surface area (Å²) in [6.45, 7) is 1.88. The molecule has 0 aliphatic heterocycles. The van der Waals surface area contributed by atoms with Crippen LogP contribution in [0.25, 0.3) is 0 Å². The number of aryl methyl sites for hydroxylation is 1. The molecule has 2 N–H and O–H groups in total. The van der Waals surface area contributed by atoms with Crippen molar-refractivity contribution in [2.24, 2.45) is 7.05 Å². The van der Waals surface area contributed by atoms with Gasteiger partial charge in [-0.3, -0.25) is 0 Å². The van der Waals surface area contributed by atoms with Crippen LogP contribution in [0.5, 0.6) is 0 Å². The van der Waals surface area contributed by atoms with E-state index in [9.17, 15) is 5.11 Å². The van der Waals surface area contributed by atoms with Crippen molar-refractivity contribution in [1.29, 1.82) is 0 Å². The number of ether oxygens (including phenoxy) is 1. The quantitative estimate of drug-likeness (QED) is 0.621. The molecular weight excluding hydrogens is 194 g/mol. The zero-order valence-corrected chi connectivity index (χ0v) is 9.31. The Morgan fingerprint density at radius 1 is 1.67 bits per heavy atom. The van der Waals surface area contributed by atoms with E-state index in [-0.39, 0.29) is 6.10 Å². The van der Waals surface area contributed by atoms with Crippen LogP contribution in [0, 0.1) is 0 Å². The van der Waals surface area contributed by atoms with E-state index in [1.807, 2.05) is 17.8 Å². The second-order valence-electron chi connectivity index (χ2n) is 3.53. The monoisotopic (exact) mass is 213 g/mol. The van der Waals surface area contributed by atoms with E-state index >= 15 is 0 Å². The summed E-state index contributed by atoms with van der Waals surface area (Å²) in [7, 11) is 3.55. The van der Waals surface area contributed by atoms with Crippen molar-refractivity contribution in [3.63, 3.8) is 0 Å². The molecule has 0 saturated carbocycles. The van der Waals surface area contributed by atoms with Crippen molar-refractivity contribution in [2.75, 3.05) is 20.3 Å². The van der Waals surface area contributed by atoms with Crippen molar-refractivity contribution in [3.05, 3.63) is 18.2 Å². The Morgan fingerprint density at radius 3 is 3.07 bits per heavy atom. The van der Waals surface area contributed by atoms with E-state index in [0.717, 1.165) is 18.9 Å². The first-order valence-electron chi connectivity index (χ1n) is 5.08. The zero-order valence-electron chi connectivity index (χ0n) is 9.31. The predicted molar refractivity (Wildman–Crippen MR) is 57.4 cm³/mol. The van der Waals surface area contributed by atoms with Gasteiger partial charge in [0.1, 0.15) is 5.82 Å². The number of aromatic nitrogens is 2. The average molecular weight is 213 g/mol. The molecule has 1 atom stereocenters. The fraction of sp³-hybridized carbons (Fsp3) is 0.700. The Kier molecular flexibility index (Phi) is 5.31. The van der Waals surface area contributed by atoms with E-state index in [1.165, 1.54) is 0 Å². The summed E-state index contributed by atoms with van der Waals surface area (Å²) >= 11 is 0. The Hall–Kier alpha value is -0.910. The molecule has 0 aromatic carbocycles. The molecule has 1 unspecified atom stereocenters. The first-order valence-corrected chi connectivity index (χ1v) is 5.08. The lowest BCUT2D eigenvalue weighted by atomic mass is 10.2. The topological polar surface area (TPSA) is 59.3 Å². The summed E-state index contributed by atoms with van der Waals surface area (Å²) in [4.78, 5) is 4.18. The second-order valence-corrected chi connectivity index (χ2v) is 3.53. The maximum Gasteiger partial charge on any atom is 0.122 e. The van der Waals surface area contributed by atoms with Gasteiger partial charge >= 0.3 is 0 Å². The van der Waals surface area contributed by atoms with Crippen molar-refractivity contribution in [1.82, 2.24) is 14.9 Å². The molecule has 0 aliphatic rings. The minimum atomic E-state index is -0.385. The van der Waals surface area contributed by atoms with E-state index in [0.29, 0.717) is 13.0 Å². The number of aliphatic hydroxyl groups is 1. The number of aliphatic hydroxyl groups excluding tert-OH is 1. The molecule has 1 heterocycles. The molecule has 0 aliphatic carbocycles. The molecule has 0 radical (unpaired) electrons. The van der Waals surface area contributed by atoms with Crippen LogP contribution < -0.4 is 5.32 Å². The van der Waals surface area contributed by atoms with Crippen molar-refractivity contribution < 1.29 is 9.84 Å². The van der Waals surface area contributed by atoms with Gasteiger partial charge in [0.05, 0.1) is 19.3 Å². The SMILES string of the molecule is COCC(O)CCNCc1nccn1C. The third-order valence-corrected chi connectivity index (χ3v) is 2.22. The first kappa shape index (κ1) is 12.2. The maximum atomic E-state index is 9.38. The Morgan fingerprint density at radius 2 is 2.47 bits per heavy atom. The van der Waals surface area contributed by atoms with Gasteiger partial charge in [0, 0.05) is 26.6 Å². The Balaban J connectivity index is 2.09. The standard InChI is InChI=1S/C10H19N3O2/c1-13-6-5-12-10(13)7-11-4-3-9(14)8-15-2/h5-6,9,11,14H,3-4,7-8H2,1-2H3. The molecule has 0 bridgehead atoms. The van der Waals surface area contributed by atoms with Gasteiger partial charge in [-0.25, -0.2) is 4.98 Å². The van der Waals surface area contributed by atoms with Gasteiger partial charge in [-0.1, -0.05) is 0 Å². The smallest absolute Gasteiger partial charge is 0.122 e. The van der Waals surface area contributed by atoms with E-state index in [1.54, 1.807) is 13.3 Å². The van der Waals surface area contributed by atoms with Gasteiger partial charge in [0.2, 0.25) is 0 Å². The lowest BCUT2D eigenvalue weighted by Gasteiger charge is -2.09. The molecule has 1 rings (SSSR count). The number of methoxy groups -OCH3 is 1. The molecule has 5 heteroatoms. The predicted octanol–water partition coefficient (Wildman–Crippen LogP) is -0.0929. The van der Waals surface area contributed by atoms with Crippen LogP contribution in [0.15, 0.2) is 12.4 Å². The summed E-state index contributed by atoms with van der Waals surface area (Å²) in [5, 5.41) is 12.6. The van der Waals surface area contributed by atoms with Crippen LogP contribution in [0.3, 0.4) is 0 Å². The first-order chi connectivity index (χ1) is 7.24. The van der Waals surface area contributed by atoms with Gasteiger partial charge in [-0.05, 0) is 13.0 Å². The summed E-state index contributed by atoms with van der Waals surface area (Å²) in [6.07, 6.45) is 4.00. The Bertz CT molecular complexity index is 275. The fourth-order valence-electron chi connectivity index (χ4n) is 1.31. The summed E-state index contributed by atoms with van der Waals surface area (Å²) < 4.78 is 6.80. The van der Waals surface area contributed by atoms with Crippen LogP contribution in [0.1, 0.15) is 12.2 Å². The van der Waals surface area contributed by atoms with Crippen molar-refractivity contribution in [2.45, 2.75) is 19.1 Å². The fourth-order valence-corrected chi connectivity index (χ4v) is 1.31. The molecule has 1 aromatic heterocycles. The molecule has 15 heavy (non-hydrogen) atoms. The minimum Gasteiger partial charge on any atom is -0.391 e. The minimum absolute atomic E-state index is 0.385. The molecule has 86 valence electrons. The third-order valence-electron chi connectivity index (χ3n) is 2.22. The normalized spacial score (nSPS) is 13.0. The summed E-state index contributed by atoms with van der Waals surface area (Å²) in [5.74, 6) is 0.997. The molecule has 5 nitrogen and oxygen atoms in total. The Labute approximate surface area is 90.1 Å². The maximum absolute atomic E-state index is 9.38. The zero-order chi connectivity index (χ0) is 11.1. The summed E-state index contributed by atoms with van der Waals surface area (Å²) in [5.41, 5.74) is 0. The van der Waals surface area contributed by atoms with Crippen LogP contribution in [0.4, 0.5) is 0 Å². The van der Waals surface area contributed by atoms with Crippen molar-refractivity contribution in [3.8, 4) is 0 Å². The van der Waals surface area contributed by atoms with Crippen LogP contribution >= 0.6 is 0 Å². The number of hydrogen-bond donors (Lipinski definition) is 2. The molecular formula is C10H19N3O2. The highest BCUT2D eigenvalue weighted by molar-refractivity contribution is 4.90. The highest BCUT2D eigenvalue weighted by atomic mass is 16.5. The third kappa shape index (κ3) is 4.42. The van der Waals surface area contributed by atoms with Crippen LogP contribution in [0.2, 0.25) is 0 Å². The average Bonchev–Trinajstić information content (AvgIpc) is 2.60. The second kappa shape index (κ2) is 6.55. The van der Waals surface area contributed by atoms with Gasteiger partial charge < -0.3 is 19.7 Å². The van der Waals surface area contributed by atoms with Gasteiger partial charge in [0.15, 0.2) is 0 Å². The van der Waals surface area contributed by atoms with E-state index < -0.39 is 0 Å². The highest BCUT2D eigenvalue weighted by Crippen LogP contribution is 1.94. The van der Waals surface area contributed by atoms with Crippen LogP contribution in [-0.4, -0.2) is 41.0 Å². The molecule has 1 aromatic rings. The van der Waals surface area contributed by atoms with Crippen molar-refractivity contribution >= 4 is 0 Å². The molecule has 0 fully saturated rings. The van der Waals surface area contributed by atoms with Crippen LogP contribution in [-0.2, 0) is 18.3 Å². The summed E-state index contributed by atoms with van der Waals surface area (Å²) in [6, 6.07) is 0. The van der Waals surface area contributed by atoms with Gasteiger partial charge in [0.25, 0.3) is 0 Å². The van der Waals surface area contributed by atoms with E-state index in [4.69, 9.17) is 4.74 Å². The number of imidazole rings is 1. The van der Waals surface area contributed by atoms with Gasteiger partial charge in [-0.2, -0.15) is 0 Å². The van der Waals surface area contributed by atoms with Gasteiger partial charge in [-0.15, -0.1) is 0 Å². The number of rotatable bonds is 7. The molecule has 0 saturated heterocycles. The molecule has 0 amide bonds. The molecule has 0 spiro atoms. The van der Waals surface area contributed by atoms with E-state index in [2.05, 4.69) is 10.3 Å². The number of nitrogens with zero attached hydrogens (tertiary/aromatic N) is 2. The number of hydrogen-bond acceptors (Lipinski definition) is 4. The lowest BCUT2D eigenvalue weighted by molar-refractivity contribution is 0.0594. The number of nitrogens with one attached hydrogen (secondary N) is 1. The highest BCUT2D eigenvalue weighted by Gasteiger charge is 2.03. The lowest BCUT2D eigenvalue weighted by Crippen LogP contribution is -2.23. The largest absolute Gasteiger partial charge is 0.391 e.